The van der Waals surface area contributed by atoms with Crippen LogP contribution in [-0.4, -0.2) is 82.2 Å². The molecule has 1 aliphatic carbocycles. The zero-order chi connectivity index (χ0) is 33.4. The van der Waals surface area contributed by atoms with E-state index < -0.39 is 5.60 Å². The Kier molecular flexibility index (Phi) is 8.90. The van der Waals surface area contributed by atoms with Gasteiger partial charge in [0.2, 0.25) is 0 Å². The Labute approximate surface area is 284 Å². The maximum Gasteiger partial charge on any atom is 0.410 e. The summed E-state index contributed by atoms with van der Waals surface area (Å²) in [6, 6.07) is 15.4. The molecule has 2 aromatic heterocycles. The van der Waals surface area contributed by atoms with Crippen LogP contribution < -0.4 is 15.5 Å². The van der Waals surface area contributed by atoms with Gasteiger partial charge in [-0.1, -0.05) is 30.2 Å². The van der Waals surface area contributed by atoms with E-state index in [4.69, 9.17) is 15.2 Å². The number of carbonyl (C=O) groups excluding carboxylic acids is 1. The molecule has 2 bridgehead atoms. The number of benzene rings is 1. The third-order valence-corrected chi connectivity index (χ3v) is 10.1. The number of rotatable bonds is 5. The standard InChI is InChI=1S/C38H47N7O3/c1-25-7-5-6-8-33(25)34-22-35(36(39)42-41-34)44-23-29-11-12-30(24-44)45(29)28-13-16-40-27(21-28)10-9-26-19-32(20-26)47-31-14-17-43(18-15-31)37(46)48-38(2,3)4/h5-8,13,16,21-22,26,29-32H,11-12,14-15,17-20,23-24H2,1-4H3,(H2,39,42). The maximum absolute atomic E-state index is 12.4. The number of amides is 1. The SMILES string of the molecule is Cc1ccccc1-c1cc(N2CC3CCC(C2)N3c2ccnc(C#CC3CC(OC4CCN(C(=O)OC(C)(C)C)CC4)C3)c2)c(N)nn1. The van der Waals surface area contributed by atoms with Crippen molar-refractivity contribution in [2.75, 3.05) is 41.7 Å². The molecule has 1 aromatic carbocycles. The average Bonchev–Trinajstić information content (AvgIpc) is 3.31. The summed E-state index contributed by atoms with van der Waals surface area (Å²) in [5.74, 6) is 7.62. The second-order valence-electron chi connectivity index (χ2n) is 14.8. The molecule has 4 aliphatic rings. The normalized spacial score (nSPS) is 24.1. The van der Waals surface area contributed by atoms with Crippen LogP contribution in [0.25, 0.3) is 11.3 Å². The van der Waals surface area contributed by atoms with Crippen LogP contribution in [0.3, 0.4) is 0 Å². The molecule has 10 heteroatoms. The highest BCUT2D eigenvalue weighted by molar-refractivity contribution is 5.73. The fourth-order valence-corrected chi connectivity index (χ4v) is 7.55. The first-order chi connectivity index (χ1) is 23.1. The number of likely N-dealkylation sites (tertiary alicyclic amines) is 1. The van der Waals surface area contributed by atoms with E-state index in [-0.39, 0.29) is 18.3 Å². The first kappa shape index (κ1) is 32.2. The Morgan fingerprint density at radius 1 is 0.958 bits per heavy atom. The van der Waals surface area contributed by atoms with Gasteiger partial charge < -0.3 is 29.9 Å². The van der Waals surface area contributed by atoms with Gasteiger partial charge in [-0.25, -0.2) is 9.78 Å². The number of pyridine rings is 1. The number of anilines is 3. The molecule has 0 spiro atoms. The lowest BCUT2D eigenvalue weighted by Crippen LogP contribution is -2.54. The minimum absolute atomic E-state index is 0.193. The highest BCUT2D eigenvalue weighted by Gasteiger charge is 2.41. The summed E-state index contributed by atoms with van der Waals surface area (Å²) in [7, 11) is 0. The molecule has 10 nitrogen and oxygen atoms in total. The summed E-state index contributed by atoms with van der Waals surface area (Å²) in [6.45, 7) is 10.9. The molecule has 5 heterocycles. The minimum Gasteiger partial charge on any atom is -0.444 e. The molecule has 3 aliphatic heterocycles. The highest BCUT2D eigenvalue weighted by atomic mass is 16.6. The van der Waals surface area contributed by atoms with Gasteiger partial charge in [0.05, 0.1) is 23.6 Å². The number of ether oxygens (including phenoxy) is 2. The Hall–Kier alpha value is -4.36. The lowest BCUT2D eigenvalue weighted by Gasteiger charge is -2.43. The van der Waals surface area contributed by atoms with Crippen LogP contribution in [0, 0.1) is 24.7 Å². The average molecular weight is 650 g/mol. The number of piperidine rings is 1. The molecule has 0 radical (unpaired) electrons. The molecular formula is C38H47N7O3. The number of aryl methyl sites for hydroxylation is 1. The fraction of sp³-hybridized carbons (Fsp3) is 0.526. The van der Waals surface area contributed by atoms with Crippen molar-refractivity contribution in [3.05, 3.63) is 59.9 Å². The van der Waals surface area contributed by atoms with E-state index >= 15 is 0 Å². The molecule has 2 unspecified atom stereocenters. The number of aromatic nitrogens is 3. The number of nitrogen functional groups attached to an aromatic ring is 1. The number of carbonyl (C=O) groups is 1. The van der Waals surface area contributed by atoms with Crippen LogP contribution in [0.15, 0.2) is 48.7 Å². The molecule has 3 saturated heterocycles. The lowest BCUT2D eigenvalue weighted by molar-refractivity contribution is -0.0848. The first-order valence-electron chi connectivity index (χ1n) is 17.4. The van der Waals surface area contributed by atoms with Gasteiger partial charge in [0, 0.05) is 61.6 Å². The van der Waals surface area contributed by atoms with Crippen LogP contribution in [0.5, 0.6) is 0 Å². The number of fused-ring (bicyclic) bond motifs is 2. The third kappa shape index (κ3) is 7.07. The summed E-state index contributed by atoms with van der Waals surface area (Å²) in [5.41, 5.74) is 12.0. The smallest absolute Gasteiger partial charge is 0.410 e. The Balaban J connectivity index is 0.925. The summed E-state index contributed by atoms with van der Waals surface area (Å²) < 4.78 is 11.9. The van der Waals surface area contributed by atoms with Crippen LogP contribution >= 0.6 is 0 Å². The molecule has 252 valence electrons. The maximum atomic E-state index is 12.4. The summed E-state index contributed by atoms with van der Waals surface area (Å²) in [4.78, 5) is 23.7. The van der Waals surface area contributed by atoms with Gasteiger partial charge in [-0.2, -0.15) is 0 Å². The van der Waals surface area contributed by atoms with Crippen LogP contribution in [0.4, 0.5) is 22.0 Å². The number of nitrogens with two attached hydrogens (primary N) is 1. The lowest BCUT2D eigenvalue weighted by atomic mass is 9.82. The third-order valence-electron chi connectivity index (χ3n) is 10.1. The van der Waals surface area contributed by atoms with E-state index in [0.717, 1.165) is 74.3 Å². The summed E-state index contributed by atoms with van der Waals surface area (Å²) in [5, 5.41) is 8.78. The second-order valence-corrected chi connectivity index (χ2v) is 14.8. The number of hydrogen-bond donors (Lipinski definition) is 1. The van der Waals surface area contributed by atoms with Crippen LogP contribution in [0.1, 0.15) is 70.6 Å². The predicted molar refractivity (Wildman–Crippen MR) is 188 cm³/mol. The fourth-order valence-electron chi connectivity index (χ4n) is 7.55. The number of nitrogens with zero attached hydrogens (tertiary/aromatic N) is 6. The van der Waals surface area contributed by atoms with Gasteiger partial charge in [-0.3, -0.25) is 0 Å². The Morgan fingerprint density at radius 2 is 1.69 bits per heavy atom. The van der Waals surface area contributed by atoms with E-state index in [2.05, 4.69) is 74.1 Å². The van der Waals surface area contributed by atoms with Crippen molar-refractivity contribution in [1.82, 2.24) is 20.1 Å². The van der Waals surface area contributed by atoms with E-state index in [0.29, 0.717) is 36.9 Å². The van der Waals surface area contributed by atoms with Gasteiger partial charge in [0.15, 0.2) is 5.82 Å². The summed E-state index contributed by atoms with van der Waals surface area (Å²) in [6.07, 6.45) is 7.96. The van der Waals surface area contributed by atoms with Gasteiger partial charge >= 0.3 is 6.09 Å². The molecular weight excluding hydrogens is 602 g/mol. The van der Waals surface area contributed by atoms with E-state index in [1.54, 1.807) is 4.90 Å². The van der Waals surface area contributed by atoms with Gasteiger partial charge in [0.25, 0.3) is 0 Å². The molecule has 3 aromatic rings. The molecule has 1 amide bonds. The van der Waals surface area contributed by atoms with Crippen molar-refractivity contribution >= 4 is 23.3 Å². The predicted octanol–water partition coefficient (Wildman–Crippen LogP) is 5.83. The zero-order valence-electron chi connectivity index (χ0n) is 28.6. The van der Waals surface area contributed by atoms with Gasteiger partial charge in [-0.15, -0.1) is 10.2 Å². The molecule has 4 fully saturated rings. The van der Waals surface area contributed by atoms with Crippen molar-refractivity contribution in [1.29, 1.82) is 0 Å². The van der Waals surface area contributed by atoms with E-state index in [9.17, 15) is 4.79 Å². The van der Waals surface area contributed by atoms with Gasteiger partial charge in [0.1, 0.15) is 11.3 Å². The van der Waals surface area contributed by atoms with Crippen molar-refractivity contribution in [2.24, 2.45) is 5.92 Å². The molecule has 2 atom stereocenters. The minimum atomic E-state index is -0.472. The Bertz CT molecular complexity index is 1680. The topological polar surface area (TPSA) is 110 Å². The van der Waals surface area contributed by atoms with Crippen molar-refractivity contribution in [3.8, 4) is 23.1 Å². The molecule has 2 N–H and O–H groups in total. The van der Waals surface area contributed by atoms with Crippen molar-refractivity contribution in [2.45, 2.75) is 96.1 Å². The summed E-state index contributed by atoms with van der Waals surface area (Å²) >= 11 is 0. The van der Waals surface area contributed by atoms with E-state index in [1.165, 1.54) is 11.3 Å². The largest absolute Gasteiger partial charge is 0.444 e. The van der Waals surface area contributed by atoms with Crippen molar-refractivity contribution in [3.63, 3.8) is 0 Å². The first-order valence-corrected chi connectivity index (χ1v) is 17.4. The second kappa shape index (κ2) is 13.3. The monoisotopic (exact) mass is 649 g/mol. The molecule has 1 saturated carbocycles. The number of piperazine rings is 1. The van der Waals surface area contributed by atoms with Crippen molar-refractivity contribution < 1.29 is 14.3 Å². The van der Waals surface area contributed by atoms with Gasteiger partial charge in [-0.05, 0) is 95.9 Å². The van der Waals surface area contributed by atoms with Crippen LogP contribution in [0.2, 0.25) is 0 Å². The number of hydrogen-bond acceptors (Lipinski definition) is 9. The molecule has 48 heavy (non-hydrogen) atoms. The Morgan fingerprint density at radius 3 is 2.40 bits per heavy atom. The quantitative estimate of drug-likeness (QED) is 0.341. The van der Waals surface area contributed by atoms with E-state index in [1.807, 2.05) is 39.1 Å². The van der Waals surface area contributed by atoms with Crippen LogP contribution in [-0.2, 0) is 9.47 Å². The highest BCUT2D eigenvalue weighted by Crippen LogP contribution is 2.39. The molecule has 7 rings (SSSR count). The zero-order valence-corrected chi connectivity index (χ0v) is 28.6.